The number of ether oxygens (including phenoxy) is 1. The monoisotopic (exact) mass is 473 g/mol. The van der Waals surface area contributed by atoms with Crippen molar-refractivity contribution in [2.24, 2.45) is 5.92 Å². The van der Waals surface area contributed by atoms with Crippen LogP contribution in [0.2, 0.25) is 0 Å². The predicted molar refractivity (Wildman–Crippen MR) is 136 cm³/mol. The topological polar surface area (TPSA) is 68.5 Å². The summed E-state index contributed by atoms with van der Waals surface area (Å²) in [6, 6.07) is 14.8. The maximum atomic E-state index is 12.7. The molecular weight excluding hydrogens is 438 g/mol. The molecule has 2 aliphatic rings. The second-order valence-corrected chi connectivity index (χ2v) is 11.5. The van der Waals surface area contributed by atoms with E-state index >= 15 is 0 Å². The van der Waals surface area contributed by atoms with Gasteiger partial charge in [0, 0.05) is 29.6 Å². The number of amides is 1. The van der Waals surface area contributed by atoms with Crippen LogP contribution in [0.3, 0.4) is 0 Å². The van der Waals surface area contributed by atoms with Crippen LogP contribution in [0.4, 0.5) is 4.79 Å². The molecule has 1 unspecified atom stereocenters. The number of benzene rings is 2. The van der Waals surface area contributed by atoms with Crippen LogP contribution in [0.25, 0.3) is 22.8 Å². The van der Waals surface area contributed by atoms with Gasteiger partial charge in [-0.1, -0.05) is 49.3 Å². The zero-order valence-electron chi connectivity index (χ0n) is 21.4. The normalized spacial score (nSPS) is 19.5. The molecular formula is C29H35N3O3. The molecule has 184 valence electrons. The molecule has 1 saturated heterocycles. The summed E-state index contributed by atoms with van der Waals surface area (Å²) in [5.74, 6) is 1.79. The first kappa shape index (κ1) is 23.6. The van der Waals surface area contributed by atoms with Gasteiger partial charge in [-0.2, -0.15) is 4.98 Å². The summed E-state index contributed by atoms with van der Waals surface area (Å²) in [5.41, 5.74) is 5.35. The lowest BCUT2D eigenvalue weighted by atomic mass is 9.81. The Morgan fingerprint density at radius 2 is 1.91 bits per heavy atom. The van der Waals surface area contributed by atoms with Crippen LogP contribution < -0.4 is 0 Å². The number of likely N-dealkylation sites (tertiary alicyclic amines) is 1. The number of carbonyl (C=O) groups excluding carboxylic acids is 1. The number of rotatable bonds is 4. The molecule has 1 spiro atoms. The Bertz CT molecular complexity index is 1220. The summed E-state index contributed by atoms with van der Waals surface area (Å²) in [6.45, 7) is 11.6. The lowest BCUT2D eigenvalue weighted by molar-refractivity contribution is 0.0284. The molecule has 0 bridgehead atoms. The van der Waals surface area contributed by atoms with Gasteiger partial charge in [0.2, 0.25) is 5.82 Å². The second-order valence-electron chi connectivity index (χ2n) is 11.5. The van der Waals surface area contributed by atoms with E-state index in [2.05, 4.69) is 61.5 Å². The van der Waals surface area contributed by atoms with Crippen molar-refractivity contribution in [2.75, 3.05) is 13.1 Å². The minimum atomic E-state index is -0.487. The molecule has 1 aliphatic carbocycles. The molecule has 3 aromatic rings. The lowest BCUT2D eigenvalue weighted by Crippen LogP contribution is -2.37. The first-order chi connectivity index (χ1) is 16.6. The Morgan fingerprint density at radius 3 is 2.63 bits per heavy atom. The molecule has 1 amide bonds. The number of nitrogens with zero attached hydrogens (tertiary/aromatic N) is 3. The second kappa shape index (κ2) is 8.81. The zero-order chi connectivity index (χ0) is 24.8. The molecule has 1 aromatic heterocycles. The maximum absolute atomic E-state index is 12.7. The minimum absolute atomic E-state index is 0.0267. The van der Waals surface area contributed by atoms with Gasteiger partial charge in [0.05, 0.1) is 0 Å². The SMILES string of the molecule is CC(C)Cc1ccc(-c2nc(-c3cccc4c3CCC43CCN(C(=O)OC(C)(C)C)C3)no2)cc1. The third-order valence-electron chi connectivity index (χ3n) is 7.12. The van der Waals surface area contributed by atoms with Gasteiger partial charge in [0.1, 0.15) is 5.60 Å². The van der Waals surface area contributed by atoms with Crippen molar-refractivity contribution in [3.8, 4) is 22.8 Å². The van der Waals surface area contributed by atoms with Crippen molar-refractivity contribution in [1.82, 2.24) is 15.0 Å². The molecule has 6 heteroatoms. The Labute approximate surface area is 207 Å². The summed E-state index contributed by atoms with van der Waals surface area (Å²) >= 11 is 0. The Morgan fingerprint density at radius 1 is 1.14 bits per heavy atom. The summed E-state index contributed by atoms with van der Waals surface area (Å²) in [6.07, 6.45) is 3.74. The highest BCUT2D eigenvalue weighted by Gasteiger charge is 2.46. The fraction of sp³-hybridized carbons (Fsp3) is 0.483. The van der Waals surface area contributed by atoms with Crippen molar-refractivity contribution >= 4 is 6.09 Å². The van der Waals surface area contributed by atoms with Gasteiger partial charge < -0.3 is 14.2 Å². The first-order valence-corrected chi connectivity index (χ1v) is 12.7. The fourth-order valence-electron chi connectivity index (χ4n) is 5.55. The van der Waals surface area contributed by atoms with Crippen molar-refractivity contribution in [1.29, 1.82) is 0 Å². The van der Waals surface area contributed by atoms with Gasteiger partial charge in [-0.05, 0) is 81.2 Å². The molecule has 0 N–H and O–H groups in total. The van der Waals surface area contributed by atoms with Crippen LogP contribution in [0.5, 0.6) is 0 Å². The third kappa shape index (κ3) is 4.71. The highest BCUT2D eigenvalue weighted by atomic mass is 16.6. The third-order valence-corrected chi connectivity index (χ3v) is 7.12. The summed E-state index contributed by atoms with van der Waals surface area (Å²) < 4.78 is 11.3. The molecule has 0 saturated carbocycles. The van der Waals surface area contributed by atoms with Crippen LogP contribution in [0, 0.1) is 5.92 Å². The van der Waals surface area contributed by atoms with Crippen LogP contribution >= 0.6 is 0 Å². The number of aromatic nitrogens is 2. The molecule has 6 nitrogen and oxygen atoms in total. The van der Waals surface area contributed by atoms with E-state index in [1.165, 1.54) is 16.7 Å². The van der Waals surface area contributed by atoms with Crippen molar-refractivity contribution in [2.45, 2.75) is 71.3 Å². The summed E-state index contributed by atoms with van der Waals surface area (Å²) in [4.78, 5) is 19.3. The average molecular weight is 474 g/mol. The number of hydrogen-bond donors (Lipinski definition) is 0. The van der Waals surface area contributed by atoms with Crippen molar-refractivity contribution < 1.29 is 14.1 Å². The van der Waals surface area contributed by atoms with Gasteiger partial charge in [0.15, 0.2) is 0 Å². The van der Waals surface area contributed by atoms with Gasteiger partial charge in [-0.15, -0.1) is 0 Å². The molecule has 1 atom stereocenters. The molecule has 0 radical (unpaired) electrons. The van der Waals surface area contributed by atoms with Crippen LogP contribution in [0.1, 0.15) is 64.2 Å². The zero-order valence-corrected chi connectivity index (χ0v) is 21.4. The molecule has 2 aromatic carbocycles. The molecule has 1 fully saturated rings. The van der Waals surface area contributed by atoms with Gasteiger partial charge >= 0.3 is 6.09 Å². The Hall–Kier alpha value is -3.15. The van der Waals surface area contributed by atoms with Gasteiger partial charge in [-0.3, -0.25) is 0 Å². The van der Waals surface area contributed by atoms with E-state index < -0.39 is 5.60 Å². The minimum Gasteiger partial charge on any atom is -0.444 e. The van der Waals surface area contributed by atoms with Crippen LogP contribution in [0.15, 0.2) is 47.0 Å². The van der Waals surface area contributed by atoms with E-state index in [0.717, 1.165) is 43.4 Å². The van der Waals surface area contributed by atoms with E-state index in [0.29, 0.717) is 24.2 Å². The number of carbonyl (C=O) groups is 1. The van der Waals surface area contributed by atoms with E-state index in [1.807, 2.05) is 25.7 Å². The van der Waals surface area contributed by atoms with Crippen LogP contribution in [-0.2, 0) is 23.0 Å². The molecule has 35 heavy (non-hydrogen) atoms. The van der Waals surface area contributed by atoms with E-state index in [1.54, 1.807) is 0 Å². The van der Waals surface area contributed by atoms with E-state index in [-0.39, 0.29) is 11.5 Å². The standard InChI is InChI=1S/C29H35N3O3/c1-19(2)17-20-9-11-21(12-10-20)26-30-25(31-35-26)23-7-6-8-24-22(23)13-14-29(24)15-16-32(18-29)27(33)34-28(3,4)5/h6-12,19H,13-18H2,1-5H3. The van der Waals surface area contributed by atoms with Crippen molar-refractivity contribution in [3.05, 3.63) is 59.2 Å². The molecule has 5 rings (SSSR count). The smallest absolute Gasteiger partial charge is 0.410 e. The highest BCUT2D eigenvalue weighted by Crippen LogP contribution is 2.48. The molecule has 1 aliphatic heterocycles. The molecule has 2 heterocycles. The average Bonchev–Trinajstić information content (AvgIpc) is 3.53. The Balaban J connectivity index is 1.37. The Kier molecular flexibility index (Phi) is 5.94. The van der Waals surface area contributed by atoms with Crippen molar-refractivity contribution in [3.63, 3.8) is 0 Å². The fourth-order valence-corrected chi connectivity index (χ4v) is 5.55. The largest absolute Gasteiger partial charge is 0.444 e. The number of fused-ring (bicyclic) bond motifs is 2. The van der Waals surface area contributed by atoms with Gasteiger partial charge in [-0.25, -0.2) is 4.79 Å². The maximum Gasteiger partial charge on any atom is 0.410 e. The first-order valence-electron chi connectivity index (χ1n) is 12.7. The quantitative estimate of drug-likeness (QED) is 0.437. The predicted octanol–water partition coefficient (Wildman–Crippen LogP) is 6.43. The lowest BCUT2D eigenvalue weighted by Gasteiger charge is -2.27. The summed E-state index contributed by atoms with van der Waals surface area (Å²) in [5, 5.41) is 4.34. The van der Waals surface area contributed by atoms with E-state index in [9.17, 15) is 4.79 Å². The highest BCUT2D eigenvalue weighted by molar-refractivity contribution is 5.70. The van der Waals surface area contributed by atoms with Gasteiger partial charge in [0.25, 0.3) is 5.89 Å². The number of hydrogen-bond acceptors (Lipinski definition) is 5. The van der Waals surface area contributed by atoms with Crippen LogP contribution in [-0.4, -0.2) is 39.8 Å². The summed E-state index contributed by atoms with van der Waals surface area (Å²) in [7, 11) is 0. The van der Waals surface area contributed by atoms with E-state index in [4.69, 9.17) is 14.2 Å².